The Balaban J connectivity index is 0.000000150. The maximum atomic E-state index is 14.1. The second-order valence-corrected chi connectivity index (χ2v) is 44.2. The van der Waals surface area contributed by atoms with Crippen molar-refractivity contribution in [2.24, 2.45) is 23.7 Å². The number of carbonyl (C=O) groups excluding carboxylic acids is 8. The smallest absolute Gasteiger partial charge is 0.329 e. The minimum absolute atomic E-state index is 0.0110. The third-order valence-electron chi connectivity index (χ3n) is 23.5. The van der Waals surface area contributed by atoms with Crippen molar-refractivity contribution >= 4 is 98.5 Å². The SMILES string of the molecule is C[C@@H](CS(=O)(=O)CCc1ccc(N2CC(=O)NC2=O)cc1)c1ccc(F)c(OCC2CC2)c1.C[C@@H](CS(=O)(=O)CCc1cccc(N2CC(=O)NC2=O)c1)c1ccc(F)c(OCC2CC2)c1.C[C@@H](CS(=O)(=O)Cc1ccc(CN2CC(=O)NC2=O)cc1)c1ccc(F)c(OCC2CC2)c1.C[C@@H](CS(=O)(=O)Cc1cccc(CN2CC(=O)NC2=O)c1)c1ccc(F)c(OCC2CC2)c1. The van der Waals surface area contributed by atoms with Crippen molar-refractivity contribution in [2.45, 2.75) is 140 Å². The molecular weight excluding hydrogens is 1790 g/mol. The molecule has 4 N–H and O–H groups in total. The molecule has 0 aromatic heterocycles. The van der Waals surface area contributed by atoms with Gasteiger partial charge in [0, 0.05) is 24.5 Å². The van der Waals surface area contributed by atoms with Crippen molar-refractivity contribution in [3.63, 3.8) is 0 Å². The predicted molar refractivity (Wildman–Crippen MR) is 487 cm³/mol. The molecular formula is C96H108F4N8O20S4. The summed E-state index contributed by atoms with van der Waals surface area (Å²) in [6, 6.07) is 44.1. The Bertz CT molecular complexity index is 6080. The van der Waals surface area contributed by atoms with E-state index in [0.29, 0.717) is 84.6 Å². The predicted octanol–water partition coefficient (Wildman–Crippen LogP) is 13.6. The number of ether oxygens (including phenoxy) is 4. The molecule has 8 fully saturated rings. The maximum absolute atomic E-state index is 14.1. The van der Waals surface area contributed by atoms with Gasteiger partial charge >= 0.3 is 24.1 Å². The first kappa shape index (κ1) is 97.8. The summed E-state index contributed by atoms with van der Waals surface area (Å²) in [6.45, 7) is 9.60. The summed E-state index contributed by atoms with van der Waals surface area (Å²) in [7, 11) is -13.7. The van der Waals surface area contributed by atoms with Crippen LogP contribution in [0.4, 0.5) is 48.1 Å². The topological polar surface area (TPSA) is 371 Å². The van der Waals surface area contributed by atoms with Crippen molar-refractivity contribution in [3.05, 3.63) is 249 Å². The summed E-state index contributed by atoms with van der Waals surface area (Å²) >= 11 is 0. The second-order valence-electron chi connectivity index (χ2n) is 35.5. The van der Waals surface area contributed by atoms with E-state index in [4.69, 9.17) is 18.9 Å². The molecule has 0 unspecified atom stereocenters. The van der Waals surface area contributed by atoms with Crippen LogP contribution in [0.25, 0.3) is 0 Å². The van der Waals surface area contributed by atoms with Crippen LogP contribution in [0.15, 0.2) is 170 Å². The minimum atomic E-state index is -3.47. The molecule has 8 aliphatic rings. The lowest BCUT2D eigenvalue weighted by molar-refractivity contribution is -0.119. The highest BCUT2D eigenvalue weighted by Crippen LogP contribution is 2.37. The molecule has 8 aromatic carbocycles. The fourth-order valence-corrected chi connectivity index (χ4v) is 22.1. The second kappa shape index (κ2) is 43.3. The Hall–Kier alpha value is -11.8. The summed E-state index contributed by atoms with van der Waals surface area (Å²) < 4.78 is 181. The van der Waals surface area contributed by atoms with Crippen LogP contribution in [0.5, 0.6) is 23.0 Å². The van der Waals surface area contributed by atoms with Crippen LogP contribution in [0.1, 0.15) is 158 Å². The Morgan fingerprint density at radius 1 is 0.318 bits per heavy atom. The number of nitrogens with one attached hydrogen (secondary N) is 4. The molecule has 4 heterocycles. The van der Waals surface area contributed by atoms with E-state index in [1.165, 1.54) is 43.9 Å². The standard InChI is InChI=1S/4C24H27FN2O5S/c1-16(20-8-9-21(25)22(10-20)32-13-18-4-5-18)14-33(30,31)15-19-6-2-17(3-7-19)11-27-12-23(28)26-24(27)29;1-16(19-6-9-21(25)22(12-19)32-14-18-2-3-18)15-33(30,31)11-10-17-4-7-20(8-5-17)27-13-23(28)26-24(27)29;1-16(20-7-8-21(25)22(10-20)32-13-17-5-6-17)14-33(30,31)15-19-4-2-3-18(9-19)11-27-12-23(28)26-24(27)29;1-16(19-7-8-21(25)22(12-19)32-14-18-5-6-18)15-33(30,31)10-9-17-3-2-4-20(11-17)27-13-23(28)26-24(27)29/h2-3,6-10,16,18H,4-5,11-15H2,1H3,(H,26,28,29);4-9,12,16,18H,2-3,10-11,13-15H2,1H3,(H,26,28,29);2-4,7-10,16-17H,5-6,11-15H2,1H3,(H,26,28,29);2-4,7-8,11-12,16,18H,5-6,9-10,13-15H2,1H3,(H,26,28,29)/t4*16-/m0000/s1. The fourth-order valence-electron chi connectivity index (χ4n) is 15.2. The number of aryl methyl sites for hydroxylation is 2. The van der Waals surface area contributed by atoms with E-state index < -0.39 is 86.7 Å². The molecule has 4 saturated carbocycles. The summed E-state index contributed by atoms with van der Waals surface area (Å²) in [5.74, 6) is -2.40. The van der Waals surface area contributed by atoms with Crippen molar-refractivity contribution in [1.29, 1.82) is 0 Å². The monoisotopic (exact) mass is 1900 g/mol. The highest BCUT2D eigenvalue weighted by atomic mass is 32.2. The molecule has 4 saturated heterocycles. The van der Waals surface area contributed by atoms with E-state index in [2.05, 4.69) is 21.3 Å². The van der Waals surface area contributed by atoms with E-state index in [0.717, 1.165) is 90.3 Å². The van der Waals surface area contributed by atoms with Gasteiger partial charge in [0.05, 0.1) is 72.5 Å². The van der Waals surface area contributed by atoms with Gasteiger partial charge in [-0.15, -0.1) is 0 Å². The van der Waals surface area contributed by atoms with Gasteiger partial charge < -0.3 is 28.7 Å². The van der Waals surface area contributed by atoms with Crippen LogP contribution in [-0.2, 0) is 96.0 Å². The number of rotatable bonds is 40. The summed E-state index contributed by atoms with van der Waals surface area (Å²) in [5.41, 5.74) is 8.39. The maximum Gasteiger partial charge on any atom is 0.329 e. The first-order valence-corrected chi connectivity index (χ1v) is 51.3. The molecule has 132 heavy (non-hydrogen) atoms. The molecule has 28 nitrogen and oxygen atoms in total. The van der Waals surface area contributed by atoms with Gasteiger partial charge in [-0.2, -0.15) is 0 Å². The summed E-state index contributed by atoms with van der Waals surface area (Å²) in [5, 5.41) is 8.88. The zero-order valence-electron chi connectivity index (χ0n) is 73.7. The van der Waals surface area contributed by atoms with Crippen LogP contribution < -0.4 is 50.0 Å². The van der Waals surface area contributed by atoms with E-state index in [-0.39, 0.29) is 162 Å². The molecule has 16 rings (SSSR count). The average molecular weight is 1900 g/mol. The number of hydrogen-bond acceptors (Lipinski definition) is 20. The van der Waals surface area contributed by atoms with Gasteiger partial charge in [-0.1, -0.05) is 125 Å². The van der Waals surface area contributed by atoms with Crippen LogP contribution in [-0.4, -0.2) is 178 Å². The van der Waals surface area contributed by atoms with Gasteiger partial charge in [0.1, 0.15) is 26.2 Å². The van der Waals surface area contributed by atoms with E-state index in [9.17, 15) is 89.6 Å². The highest BCUT2D eigenvalue weighted by Gasteiger charge is 2.35. The molecule has 4 aliphatic carbocycles. The third-order valence-corrected chi connectivity index (χ3v) is 30.8. The number of urea groups is 4. The molecule has 0 radical (unpaired) electrons. The first-order valence-electron chi connectivity index (χ1n) is 44.0. The normalized spacial score (nSPS) is 17.2. The Labute approximate surface area is 765 Å². The van der Waals surface area contributed by atoms with Gasteiger partial charge in [-0.3, -0.25) is 50.2 Å². The minimum Gasteiger partial charge on any atom is -0.490 e. The largest absolute Gasteiger partial charge is 0.490 e. The lowest BCUT2D eigenvalue weighted by Gasteiger charge is -2.16. The number of hydrogen-bond donors (Lipinski definition) is 4. The van der Waals surface area contributed by atoms with E-state index in [1.54, 1.807) is 166 Å². The van der Waals surface area contributed by atoms with Gasteiger partial charge in [-0.05, 0) is 240 Å². The molecule has 4 aliphatic heterocycles. The number of amides is 12. The van der Waals surface area contributed by atoms with Gasteiger partial charge in [0.25, 0.3) is 0 Å². The summed E-state index contributed by atoms with van der Waals surface area (Å²) in [6.07, 6.45) is 9.42. The van der Waals surface area contributed by atoms with Gasteiger partial charge in [0.2, 0.25) is 23.6 Å². The molecule has 0 bridgehead atoms. The fraction of sp³-hybridized carbons (Fsp3) is 0.417. The molecule has 8 aromatic rings. The average Bonchev–Trinajstić information content (AvgIpc) is 1.05. The lowest BCUT2D eigenvalue weighted by Crippen LogP contribution is -2.27. The zero-order chi connectivity index (χ0) is 94.3. The van der Waals surface area contributed by atoms with Gasteiger partial charge in [-0.25, -0.2) is 70.4 Å². The van der Waals surface area contributed by atoms with Crippen LogP contribution in [0, 0.1) is 46.9 Å². The molecule has 36 heteroatoms. The molecule has 4 atom stereocenters. The Morgan fingerprint density at radius 3 is 0.992 bits per heavy atom. The number of carbonyl (C=O) groups is 8. The van der Waals surface area contributed by atoms with E-state index in [1.807, 2.05) is 6.92 Å². The highest BCUT2D eigenvalue weighted by molar-refractivity contribution is 7.92. The first-order chi connectivity index (χ1) is 62.8. The van der Waals surface area contributed by atoms with E-state index >= 15 is 0 Å². The Kier molecular flexibility index (Phi) is 32.1. The number of nitrogens with zero attached hydrogens (tertiary/aromatic N) is 4. The molecule has 704 valence electrons. The quantitative estimate of drug-likeness (QED) is 0.0205. The lowest BCUT2D eigenvalue weighted by atomic mass is 10.0. The number of imide groups is 4. The van der Waals surface area contributed by atoms with Crippen molar-refractivity contribution in [3.8, 4) is 23.0 Å². The molecule has 12 amide bonds. The van der Waals surface area contributed by atoms with Crippen molar-refractivity contribution < 1.29 is 109 Å². The van der Waals surface area contributed by atoms with Crippen molar-refractivity contribution in [2.75, 3.05) is 96.9 Å². The van der Waals surface area contributed by atoms with Gasteiger partial charge in [0.15, 0.2) is 85.6 Å². The molecule has 0 spiro atoms. The van der Waals surface area contributed by atoms with Crippen LogP contribution in [0.3, 0.4) is 0 Å². The number of halogens is 4. The number of anilines is 2. The zero-order valence-corrected chi connectivity index (χ0v) is 76.9. The number of sulfone groups is 4. The Morgan fingerprint density at radius 2 is 0.629 bits per heavy atom. The summed E-state index contributed by atoms with van der Waals surface area (Å²) in [4.78, 5) is 97.8. The third kappa shape index (κ3) is 29.6. The number of benzene rings is 8. The van der Waals surface area contributed by atoms with Crippen LogP contribution in [0.2, 0.25) is 0 Å². The van der Waals surface area contributed by atoms with Crippen LogP contribution >= 0.6 is 0 Å². The van der Waals surface area contributed by atoms with Crippen molar-refractivity contribution in [1.82, 2.24) is 31.1 Å².